The van der Waals surface area contributed by atoms with Gasteiger partial charge in [0.25, 0.3) is 0 Å². The molecule has 0 aromatic carbocycles. The van der Waals surface area contributed by atoms with Crippen LogP contribution in [0.4, 0.5) is 26.4 Å². The molecule has 1 aliphatic rings. The summed E-state index contributed by atoms with van der Waals surface area (Å²) in [7, 11) is 1.98. The zero-order chi connectivity index (χ0) is 21.3. The second kappa shape index (κ2) is 8.06. The number of nitrogens with zero attached hydrogens (tertiary/aromatic N) is 5. The maximum Gasteiger partial charge on any atom is 0.327 e. The Morgan fingerprint density at radius 1 is 1.20 bits per heavy atom. The van der Waals surface area contributed by atoms with Crippen molar-refractivity contribution in [1.29, 1.82) is 0 Å². The van der Waals surface area contributed by atoms with E-state index < -0.39 is 5.82 Å². The number of nitrogens with one attached hydrogen (secondary N) is 1. The van der Waals surface area contributed by atoms with Crippen LogP contribution in [0.2, 0.25) is 0 Å². The van der Waals surface area contributed by atoms with Gasteiger partial charge in [-0.1, -0.05) is 0 Å². The molecule has 4 heterocycles. The molecule has 0 aliphatic carbocycles. The minimum atomic E-state index is -0.510. The van der Waals surface area contributed by atoms with Gasteiger partial charge in [0.15, 0.2) is 5.82 Å². The van der Waals surface area contributed by atoms with E-state index in [4.69, 9.17) is 4.98 Å². The van der Waals surface area contributed by atoms with Crippen LogP contribution in [0.5, 0.6) is 0 Å². The van der Waals surface area contributed by atoms with E-state index >= 15 is 0 Å². The van der Waals surface area contributed by atoms with Crippen LogP contribution in [0.3, 0.4) is 0 Å². The monoisotopic (exact) mass is 406 g/mol. The molecule has 3 aromatic rings. The van der Waals surface area contributed by atoms with Gasteiger partial charge in [-0.2, -0.15) is 0 Å². The summed E-state index contributed by atoms with van der Waals surface area (Å²) in [5.74, 6) is 0.0477. The minimum Gasteiger partial charge on any atom is -0.372 e. The van der Waals surface area contributed by atoms with E-state index in [0.29, 0.717) is 11.5 Å². The quantitative estimate of drug-likeness (QED) is 0.689. The molecule has 3 aromatic heterocycles. The molecule has 0 unspecified atom stereocenters. The number of amides is 2. The van der Waals surface area contributed by atoms with E-state index in [2.05, 4.69) is 20.2 Å². The van der Waals surface area contributed by atoms with Crippen molar-refractivity contribution in [2.45, 2.75) is 26.3 Å². The van der Waals surface area contributed by atoms with Crippen molar-refractivity contribution in [1.82, 2.24) is 15.0 Å². The smallest absolute Gasteiger partial charge is 0.327 e. The van der Waals surface area contributed by atoms with Crippen molar-refractivity contribution < 1.29 is 9.18 Å². The van der Waals surface area contributed by atoms with E-state index in [1.807, 2.05) is 45.2 Å². The first-order valence-corrected chi connectivity index (χ1v) is 9.78. The number of aryl methyl sites for hydroxylation is 1. The van der Waals surface area contributed by atoms with Crippen LogP contribution < -0.4 is 15.1 Å². The van der Waals surface area contributed by atoms with Gasteiger partial charge >= 0.3 is 6.03 Å². The third-order valence-electron chi connectivity index (χ3n) is 5.20. The Morgan fingerprint density at radius 3 is 2.77 bits per heavy atom. The Labute approximate surface area is 174 Å². The van der Waals surface area contributed by atoms with Crippen LogP contribution in [-0.2, 0) is 0 Å². The summed E-state index contributed by atoms with van der Waals surface area (Å²) in [4.78, 5) is 29.9. The predicted molar refractivity (Wildman–Crippen MR) is 115 cm³/mol. The minimum absolute atomic E-state index is 0.103. The van der Waals surface area contributed by atoms with Crippen LogP contribution in [0.25, 0.3) is 11.3 Å². The normalized spacial score (nSPS) is 16.1. The summed E-state index contributed by atoms with van der Waals surface area (Å²) in [5.41, 5.74) is 3.68. The summed E-state index contributed by atoms with van der Waals surface area (Å²) >= 11 is 0. The Kier molecular flexibility index (Phi) is 5.31. The van der Waals surface area contributed by atoms with Gasteiger partial charge in [-0.3, -0.25) is 14.9 Å². The summed E-state index contributed by atoms with van der Waals surface area (Å²) in [5, 5.41) is 2.75. The molecule has 30 heavy (non-hydrogen) atoms. The number of aromatic nitrogens is 3. The topological polar surface area (TPSA) is 74.2 Å². The van der Waals surface area contributed by atoms with Gasteiger partial charge in [0.2, 0.25) is 0 Å². The molecule has 4 rings (SSSR count). The lowest BCUT2D eigenvalue weighted by atomic mass is 10.1. The number of carbonyl (C=O) groups is 1. The maximum absolute atomic E-state index is 13.5. The highest BCUT2D eigenvalue weighted by Crippen LogP contribution is 2.35. The zero-order valence-electron chi connectivity index (χ0n) is 17.1. The van der Waals surface area contributed by atoms with Crippen LogP contribution in [0.15, 0.2) is 48.9 Å². The van der Waals surface area contributed by atoms with E-state index in [0.717, 1.165) is 41.8 Å². The first-order chi connectivity index (χ1) is 14.4. The van der Waals surface area contributed by atoms with E-state index in [-0.39, 0.29) is 12.1 Å². The second-order valence-electron chi connectivity index (χ2n) is 7.48. The first-order valence-electron chi connectivity index (χ1n) is 9.78. The van der Waals surface area contributed by atoms with Crippen molar-refractivity contribution in [2.24, 2.45) is 0 Å². The van der Waals surface area contributed by atoms with Crippen LogP contribution in [0, 0.1) is 12.7 Å². The maximum atomic E-state index is 13.5. The second-order valence-corrected chi connectivity index (χ2v) is 7.48. The summed E-state index contributed by atoms with van der Waals surface area (Å²) in [6.45, 7) is 4.69. The van der Waals surface area contributed by atoms with Crippen LogP contribution >= 0.6 is 0 Å². The highest BCUT2D eigenvalue weighted by molar-refractivity contribution is 6.03. The molecular formula is C22H23FN6O. The molecule has 0 spiro atoms. The predicted octanol–water partition coefficient (Wildman–Crippen LogP) is 4.25. The number of fused-ring (bicyclic) bond motifs is 1. The zero-order valence-corrected chi connectivity index (χ0v) is 17.1. The molecule has 0 saturated heterocycles. The van der Waals surface area contributed by atoms with Gasteiger partial charge in [0.05, 0.1) is 29.5 Å². The number of rotatable bonds is 2. The van der Waals surface area contributed by atoms with Crippen molar-refractivity contribution in [3.63, 3.8) is 0 Å². The van der Waals surface area contributed by atoms with Crippen LogP contribution in [0.1, 0.15) is 19.0 Å². The molecule has 1 aliphatic heterocycles. The van der Waals surface area contributed by atoms with Crippen molar-refractivity contribution in [3.8, 4) is 11.3 Å². The average molecular weight is 406 g/mol. The van der Waals surface area contributed by atoms with Crippen molar-refractivity contribution in [3.05, 3.63) is 60.4 Å². The van der Waals surface area contributed by atoms with E-state index in [9.17, 15) is 9.18 Å². The lowest BCUT2D eigenvalue weighted by Crippen LogP contribution is -2.42. The Balaban J connectivity index is 1.75. The van der Waals surface area contributed by atoms with Gasteiger partial charge in [-0.15, -0.1) is 0 Å². The lowest BCUT2D eigenvalue weighted by molar-refractivity contribution is 0.255. The number of anilines is 3. The first kappa shape index (κ1) is 19.8. The molecule has 0 fully saturated rings. The highest BCUT2D eigenvalue weighted by atomic mass is 19.1. The molecule has 2 amide bonds. The molecule has 0 bridgehead atoms. The number of urea groups is 1. The molecule has 154 valence electrons. The average Bonchev–Trinajstić information content (AvgIpc) is 2.84. The van der Waals surface area contributed by atoms with Gasteiger partial charge < -0.3 is 10.2 Å². The van der Waals surface area contributed by atoms with E-state index in [1.165, 1.54) is 12.3 Å². The molecule has 8 heteroatoms. The summed E-state index contributed by atoms with van der Waals surface area (Å²) in [6, 6.07) is 8.56. The number of pyridine rings is 3. The molecule has 1 N–H and O–H groups in total. The standard InChI is InChI=1S/C22H23FN6O/c1-14-4-5-16(11-25-14)19-6-7-20-21(27-19)29(15(2)8-9-28(20)3)22(30)26-18-10-17(23)12-24-13-18/h4-7,10-13,15H,8-9H2,1-3H3,(H,26,30)/t15-/m1/s1. The van der Waals surface area contributed by atoms with Gasteiger partial charge in [-0.25, -0.2) is 14.2 Å². The van der Waals surface area contributed by atoms with Gasteiger partial charge in [0.1, 0.15) is 5.82 Å². The summed E-state index contributed by atoms with van der Waals surface area (Å²) < 4.78 is 13.5. The number of halogens is 1. The number of hydrogen-bond donors (Lipinski definition) is 1. The fourth-order valence-electron chi connectivity index (χ4n) is 3.50. The number of carbonyl (C=O) groups excluding carboxylic acids is 1. The highest BCUT2D eigenvalue weighted by Gasteiger charge is 2.30. The molecule has 0 radical (unpaired) electrons. The van der Waals surface area contributed by atoms with Crippen molar-refractivity contribution >= 4 is 23.2 Å². The largest absolute Gasteiger partial charge is 0.372 e. The fourth-order valence-corrected chi connectivity index (χ4v) is 3.50. The Morgan fingerprint density at radius 2 is 2.03 bits per heavy atom. The molecule has 0 saturated carbocycles. The SMILES string of the molecule is Cc1ccc(-c2ccc3c(n2)N(C(=O)Nc2cncc(F)c2)[C@H](C)CCN3C)cn1. The third-order valence-corrected chi connectivity index (χ3v) is 5.20. The summed E-state index contributed by atoms with van der Waals surface area (Å²) in [6.07, 6.45) is 5.05. The van der Waals surface area contributed by atoms with Crippen molar-refractivity contribution in [2.75, 3.05) is 28.7 Å². The molecule has 1 atom stereocenters. The van der Waals surface area contributed by atoms with Gasteiger partial charge in [-0.05, 0) is 44.5 Å². The third kappa shape index (κ3) is 3.94. The number of hydrogen-bond acceptors (Lipinski definition) is 5. The molecular weight excluding hydrogens is 383 g/mol. The lowest BCUT2D eigenvalue weighted by Gasteiger charge is -2.28. The van der Waals surface area contributed by atoms with E-state index in [1.54, 1.807) is 11.1 Å². The molecule has 7 nitrogen and oxygen atoms in total. The Bertz CT molecular complexity index is 1070. The van der Waals surface area contributed by atoms with Gasteiger partial charge in [0, 0.05) is 43.2 Å². The Hall–Kier alpha value is -3.55. The fraction of sp³-hybridized carbons (Fsp3) is 0.273. The van der Waals surface area contributed by atoms with Crippen LogP contribution in [-0.4, -0.2) is 40.6 Å².